The highest BCUT2D eigenvalue weighted by molar-refractivity contribution is 6.42. The molecule has 4 nitrogen and oxygen atoms in total. The molecule has 0 amide bonds. The third-order valence-electron chi connectivity index (χ3n) is 4.68. The monoisotopic (exact) mass is 416 g/mol. The zero-order valence-electron chi connectivity index (χ0n) is 15.1. The number of nitrogens with zero attached hydrogens (tertiary/aromatic N) is 3. The Kier molecular flexibility index (Phi) is 4.51. The van der Waals surface area contributed by atoms with Crippen LogP contribution in [-0.4, -0.2) is 15.0 Å². The fraction of sp³-hybridized carbons (Fsp3) is 0. The van der Waals surface area contributed by atoms with Gasteiger partial charge in [0, 0.05) is 28.2 Å². The molecule has 0 radical (unpaired) electrons. The summed E-state index contributed by atoms with van der Waals surface area (Å²) in [6.07, 6.45) is 1.79. The van der Waals surface area contributed by atoms with E-state index in [0.717, 1.165) is 33.1 Å². The van der Waals surface area contributed by atoms with E-state index in [1.165, 1.54) is 0 Å². The maximum atomic E-state index is 6.21. The van der Waals surface area contributed by atoms with E-state index >= 15 is 0 Å². The molecule has 3 aromatic carbocycles. The SMILES string of the molecule is Clc1ccc(-c2nc(Nc3cccc4ncccc34)c3ccccc3n2)cc1Cl. The zero-order chi connectivity index (χ0) is 19.8. The van der Waals surface area contributed by atoms with Crippen molar-refractivity contribution in [1.29, 1.82) is 0 Å². The first-order chi connectivity index (χ1) is 14.2. The molecule has 140 valence electrons. The summed E-state index contributed by atoms with van der Waals surface area (Å²) in [6.45, 7) is 0. The second-order valence-electron chi connectivity index (χ2n) is 6.54. The molecule has 0 aliphatic rings. The van der Waals surface area contributed by atoms with E-state index in [2.05, 4.69) is 10.3 Å². The fourth-order valence-corrected chi connectivity index (χ4v) is 3.57. The van der Waals surface area contributed by atoms with Crippen molar-refractivity contribution in [2.24, 2.45) is 0 Å². The minimum absolute atomic E-state index is 0.468. The third kappa shape index (κ3) is 3.37. The maximum absolute atomic E-state index is 6.21. The Morgan fingerprint density at radius 3 is 2.41 bits per heavy atom. The molecule has 1 N–H and O–H groups in total. The van der Waals surface area contributed by atoms with Crippen molar-refractivity contribution in [3.63, 3.8) is 0 Å². The molecule has 0 fully saturated rings. The lowest BCUT2D eigenvalue weighted by Crippen LogP contribution is -2.00. The topological polar surface area (TPSA) is 50.7 Å². The van der Waals surface area contributed by atoms with Gasteiger partial charge in [0.25, 0.3) is 0 Å². The number of nitrogens with one attached hydrogen (secondary N) is 1. The molecule has 0 aliphatic carbocycles. The zero-order valence-corrected chi connectivity index (χ0v) is 16.6. The number of rotatable bonds is 3. The van der Waals surface area contributed by atoms with Crippen LogP contribution in [0, 0.1) is 0 Å². The highest BCUT2D eigenvalue weighted by Crippen LogP contribution is 2.32. The smallest absolute Gasteiger partial charge is 0.162 e. The van der Waals surface area contributed by atoms with Crippen LogP contribution in [0.1, 0.15) is 0 Å². The number of anilines is 2. The van der Waals surface area contributed by atoms with Gasteiger partial charge in [0.1, 0.15) is 5.82 Å². The van der Waals surface area contributed by atoms with E-state index in [0.29, 0.717) is 21.7 Å². The molecule has 0 unspecified atom stereocenters. The Hall–Kier alpha value is -3.21. The van der Waals surface area contributed by atoms with Crippen molar-refractivity contribution < 1.29 is 0 Å². The maximum Gasteiger partial charge on any atom is 0.162 e. The van der Waals surface area contributed by atoms with Crippen molar-refractivity contribution in [2.75, 3.05) is 5.32 Å². The number of halogens is 2. The van der Waals surface area contributed by atoms with Crippen LogP contribution in [0.15, 0.2) is 79.0 Å². The molecule has 5 rings (SSSR count). The fourth-order valence-electron chi connectivity index (χ4n) is 3.28. The lowest BCUT2D eigenvalue weighted by molar-refractivity contribution is 1.22. The molecule has 6 heteroatoms. The summed E-state index contributed by atoms with van der Waals surface area (Å²) >= 11 is 12.3. The van der Waals surface area contributed by atoms with Gasteiger partial charge in [-0.25, -0.2) is 9.97 Å². The summed E-state index contributed by atoms with van der Waals surface area (Å²) in [4.78, 5) is 13.9. The summed E-state index contributed by atoms with van der Waals surface area (Å²) in [5.74, 6) is 1.29. The average molecular weight is 417 g/mol. The van der Waals surface area contributed by atoms with Gasteiger partial charge in [0.05, 0.1) is 21.1 Å². The van der Waals surface area contributed by atoms with E-state index in [4.69, 9.17) is 33.2 Å². The Morgan fingerprint density at radius 2 is 1.52 bits per heavy atom. The molecule has 29 heavy (non-hydrogen) atoms. The standard InChI is InChI=1S/C23H14Cl2N4/c24-17-11-10-14(13-18(17)25)22-27-21-7-2-1-5-16(21)23(29-22)28-20-9-3-8-19-15(20)6-4-12-26-19/h1-13H,(H,27,28,29). The van der Waals surface area contributed by atoms with Gasteiger partial charge in [-0.2, -0.15) is 0 Å². The van der Waals surface area contributed by atoms with Crippen LogP contribution in [0.25, 0.3) is 33.2 Å². The molecule has 0 spiro atoms. The number of hydrogen-bond donors (Lipinski definition) is 1. The second kappa shape index (κ2) is 7.32. The normalized spacial score (nSPS) is 11.1. The van der Waals surface area contributed by atoms with Gasteiger partial charge in [-0.3, -0.25) is 4.98 Å². The minimum atomic E-state index is 0.468. The molecule has 0 saturated heterocycles. The van der Waals surface area contributed by atoms with E-state index in [-0.39, 0.29) is 0 Å². The first-order valence-corrected chi connectivity index (χ1v) is 9.77. The Morgan fingerprint density at radius 1 is 0.690 bits per heavy atom. The van der Waals surface area contributed by atoms with Crippen molar-refractivity contribution in [1.82, 2.24) is 15.0 Å². The van der Waals surface area contributed by atoms with Crippen LogP contribution < -0.4 is 5.32 Å². The number of benzene rings is 3. The van der Waals surface area contributed by atoms with Gasteiger partial charge in [0.2, 0.25) is 0 Å². The van der Waals surface area contributed by atoms with Crippen LogP contribution >= 0.6 is 23.2 Å². The van der Waals surface area contributed by atoms with E-state index in [1.807, 2.05) is 60.7 Å². The predicted molar refractivity (Wildman–Crippen MR) is 120 cm³/mol. The molecular weight excluding hydrogens is 403 g/mol. The molecule has 2 aromatic heterocycles. The van der Waals surface area contributed by atoms with Crippen LogP contribution in [0.4, 0.5) is 11.5 Å². The number of hydrogen-bond acceptors (Lipinski definition) is 4. The molecule has 5 aromatic rings. The predicted octanol–water partition coefficient (Wildman–Crippen LogP) is 6.90. The van der Waals surface area contributed by atoms with Crippen molar-refractivity contribution in [3.8, 4) is 11.4 Å². The quantitative estimate of drug-likeness (QED) is 0.347. The first kappa shape index (κ1) is 17.9. The Balaban J connectivity index is 1.69. The number of para-hydroxylation sites is 1. The molecule has 0 bridgehead atoms. The van der Waals surface area contributed by atoms with Crippen molar-refractivity contribution in [3.05, 3.63) is 89.0 Å². The largest absolute Gasteiger partial charge is 0.339 e. The molecular formula is C23H14Cl2N4. The van der Waals surface area contributed by atoms with Gasteiger partial charge in [-0.15, -0.1) is 0 Å². The van der Waals surface area contributed by atoms with Gasteiger partial charge in [-0.05, 0) is 54.6 Å². The summed E-state index contributed by atoms with van der Waals surface area (Å²) in [5.41, 5.74) is 3.48. The number of fused-ring (bicyclic) bond motifs is 2. The first-order valence-electron chi connectivity index (χ1n) is 9.02. The van der Waals surface area contributed by atoms with E-state index < -0.39 is 0 Å². The molecule has 2 heterocycles. The Labute approximate surface area is 177 Å². The van der Waals surface area contributed by atoms with E-state index in [9.17, 15) is 0 Å². The average Bonchev–Trinajstić information content (AvgIpc) is 2.76. The molecule has 0 aliphatic heterocycles. The summed E-state index contributed by atoms with van der Waals surface area (Å²) in [5, 5.41) is 6.39. The number of aromatic nitrogens is 3. The molecule has 0 atom stereocenters. The van der Waals surface area contributed by atoms with Crippen molar-refractivity contribution >= 4 is 56.5 Å². The highest BCUT2D eigenvalue weighted by atomic mass is 35.5. The van der Waals surface area contributed by atoms with Gasteiger partial charge in [-0.1, -0.05) is 41.4 Å². The van der Waals surface area contributed by atoms with Crippen LogP contribution in [0.5, 0.6) is 0 Å². The van der Waals surface area contributed by atoms with Crippen molar-refractivity contribution in [2.45, 2.75) is 0 Å². The summed E-state index contributed by atoms with van der Waals surface area (Å²) < 4.78 is 0. The van der Waals surface area contributed by atoms with Crippen LogP contribution in [0.3, 0.4) is 0 Å². The third-order valence-corrected chi connectivity index (χ3v) is 5.42. The second-order valence-corrected chi connectivity index (χ2v) is 7.36. The minimum Gasteiger partial charge on any atom is -0.339 e. The lowest BCUT2D eigenvalue weighted by Gasteiger charge is -2.13. The summed E-state index contributed by atoms with van der Waals surface area (Å²) in [7, 11) is 0. The van der Waals surface area contributed by atoms with Crippen LogP contribution in [-0.2, 0) is 0 Å². The Bertz CT molecular complexity index is 1360. The van der Waals surface area contributed by atoms with Gasteiger partial charge < -0.3 is 5.32 Å². The number of pyridine rings is 1. The van der Waals surface area contributed by atoms with E-state index in [1.54, 1.807) is 18.3 Å². The lowest BCUT2D eigenvalue weighted by atomic mass is 10.1. The van der Waals surface area contributed by atoms with Crippen LogP contribution in [0.2, 0.25) is 10.0 Å². The van der Waals surface area contributed by atoms with Gasteiger partial charge >= 0.3 is 0 Å². The summed E-state index contributed by atoms with van der Waals surface area (Å²) in [6, 6.07) is 23.2. The van der Waals surface area contributed by atoms with Gasteiger partial charge in [0.15, 0.2) is 5.82 Å². The highest BCUT2D eigenvalue weighted by Gasteiger charge is 2.12. The molecule has 0 saturated carbocycles.